The lowest BCUT2D eigenvalue weighted by Crippen LogP contribution is -1.92. The first-order chi connectivity index (χ1) is 28.6. The molecule has 1 heteroatoms. The Morgan fingerprint density at radius 2 is 0.922 bits per heavy atom. The maximum absolute atomic E-state index is 9.50. The highest BCUT2D eigenvalue weighted by Gasteiger charge is 2.19. The van der Waals surface area contributed by atoms with Gasteiger partial charge in [-0.25, -0.2) is 0 Å². The highest BCUT2D eigenvalue weighted by atomic mass is 16.3. The Hall–Kier alpha value is -6.70. The zero-order valence-electron chi connectivity index (χ0n) is 35.1. The maximum atomic E-state index is 9.50. The topological polar surface area (TPSA) is 13.1 Å². The van der Waals surface area contributed by atoms with E-state index in [4.69, 9.17) is 9.90 Å². The van der Waals surface area contributed by atoms with Crippen molar-refractivity contribution in [1.82, 2.24) is 0 Å². The quantitative estimate of drug-likeness (QED) is 0.173. The van der Waals surface area contributed by atoms with E-state index in [1.165, 1.54) is 0 Å². The second-order valence-corrected chi connectivity index (χ2v) is 13.0. The van der Waals surface area contributed by atoms with Gasteiger partial charge in [0.05, 0.1) is 11.0 Å². The molecule has 0 saturated heterocycles. The van der Waals surface area contributed by atoms with E-state index in [2.05, 4.69) is 42.5 Å². The second kappa shape index (κ2) is 10.9. The van der Waals surface area contributed by atoms with E-state index in [0.29, 0.717) is 22.3 Å². The fourth-order valence-electron chi connectivity index (χ4n) is 7.94. The van der Waals surface area contributed by atoms with Gasteiger partial charge in [0.25, 0.3) is 0 Å². The average molecular weight is 655 g/mol. The lowest BCUT2D eigenvalue weighted by atomic mass is 9.84. The van der Waals surface area contributed by atoms with Crippen molar-refractivity contribution in [2.75, 3.05) is 0 Å². The molecular weight excluding hydrogens is 617 g/mol. The molecule has 0 N–H and O–H groups in total. The molecule has 0 saturated carbocycles. The first-order valence-corrected chi connectivity index (χ1v) is 16.9. The minimum absolute atomic E-state index is 0.185. The summed E-state index contributed by atoms with van der Waals surface area (Å²) in [7, 11) is 0. The number of hydrogen-bond acceptors (Lipinski definition) is 1. The lowest BCUT2D eigenvalue weighted by molar-refractivity contribution is 0.669. The molecule has 11 rings (SSSR count). The van der Waals surface area contributed by atoms with E-state index >= 15 is 0 Å². The van der Waals surface area contributed by atoms with Crippen LogP contribution in [0.2, 0.25) is 0 Å². The normalized spacial score (nSPS) is 14.1. The first-order valence-electron chi connectivity index (χ1n) is 20.9. The molecule has 10 aromatic carbocycles. The highest BCUT2D eigenvalue weighted by molar-refractivity contribution is 6.24. The molecule has 0 spiro atoms. The largest absolute Gasteiger partial charge is 0.456 e. The van der Waals surface area contributed by atoms with Gasteiger partial charge in [-0.3, -0.25) is 0 Å². The van der Waals surface area contributed by atoms with Crippen LogP contribution in [-0.2, 0) is 0 Å². The summed E-state index contributed by atoms with van der Waals surface area (Å²) < 4.78 is 79.9. The van der Waals surface area contributed by atoms with Crippen molar-refractivity contribution in [2.24, 2.45) is 0 Å². The summed E-state index contributed by atoms with van der Waals surface area (Å²) in [6.45, 7) is 0. The highest BCUT2D eigenvalue weighted by Crippen LogP contribution is 2.46. The SMILES string of the molecule is [2H]c1c([2H])c([2H])c2c(-c3cccc4ccc(-c5cccc6oc7cc8ccccc8cc7c56)cc34)c3c([2H])c([2H])c([2H])c([2H])c3c(-c3ccc4ccccc4c3)c2c1[2H]. The van der Waals surface area contributed by atoms with E-state index in [9.17, 15) is 5.48 Å². The number of hydrogen-bond donors (Lipinski definition) is 0. The molecule has 0 atom stereocenters. The third kappa shape index (κ3) is 4.28. The molecule has 0 amide bonds. The van der Waals surface area contributed by atoms with Crippen molar-refractivity contribution in [2.45, 2.75) is 0 Å². The van der Waals surface area contributed by atoms with Gasteiger partial charge in [-0.05, 0) is 118 Å². The summed E-state index contributed by atoms with van der Waals surface area (Å²) in [5.74, 6) is 0. The summed E-state index contributed by atoms with van der Waals surface area (Å²) in [4.78, 5) is 0. The van der Waals surface area contributed by atoms with Crippen molar-refractivity contribution in [3.63, 3.8) is 0 Å². The molecule has 0 aliphatic heterocycles. The Bertz CT molecular complexity index is 3580. The molecule has 11 aromatic rings. The van der Waals surface area contributed by atoms with E-state index in [-0.39, 0.29) is 45.7 Å². The summed E-state index contributed by atoms with van der Waals surface area (Å²) >= 11 is 0. The van der Waals surface area contributed by atoms with Crippen molar-refractivity contribution in [3.05, 3.63) is 182 Å². The van der Waals surface area contributed by atoms with Crippen LogP contribution in [0.4, 0.5) is 0 Å². The first kappa shape index (κ1) is 21.4. The Morgan fingerprint density at radius 3 is 1.67 bits per heavy atom. The van der Waals surface area contributed by atoms with Crippen molar-refractivity contribution < 1.29 is 15.4 Å². The van der Waals surface area contributed by atoms with Gasteiger partial charge in [0.2, 0.25) is 0 Å². The zero-order valence-corrected chi connectivity index (χ0v) is 27.1. The molecule has 51 heavy (non-hydrogen) atoms. The Labute approximate surface area is 305 Å². The molecule has 0 aliphatic carbocycles. The lowest BCUT2D eigenvalue weighted by Gasteiger charge is -2.19. The smallest absolute Gasteiger partial charge is 0.136 e. The van der Waals surface area contributed by atoms with E-state index < -0.39 is 24.2 Å². The standard InChI is InChI=1S/C50H30O/c1-2-12-33-27-37(26-23-31(33)11-1)48-39-16-5-7-18-41(39)49(42-19-8-6-17-40(42)48)43-21-9-15-32-24-25-36(29-44(32)43)38-20-10-22-46-50(38)45-28-34-13-3-4-14-35(34)30-47(45)51-46/h1-30H/i5D,6D,7D,8D,16D,17D,18D,19D. The molecule has 0 aliphatic rings. The predicted molar refractivity (Wildman–Crippen MR) is 218 cm³/mol. The number of benzene rings is 10. The van der Waals surface area contributed by atoms with E-state index in [1.807, 2.05) is 91.0 Å². The number of rotatable bonds is 3. The van der Waals surface area contributed by atoms with Gasteiger partial charge < -0.3 is 4.42 Å². The van der Waals surface area contributed by atoms with Crippen LogP contribution in [0.1, 0.15) is 11.0 Å². The van der Waals surface area contributed by atoms with Crippen molar-refractivity contribution in [1.29, 1.82) is 0 Å². The van der Waals surface area contributed by atoms with Crippen LogP contribution in [0.5, 0.6) is 0 Å². The summed E-state index contributed by atoms with van der Waals surface area (Å²) in [6, 6.07) is 40.8. The van der Waals surface area contributed by atoms with Gasteiger partial charge in [0, 0.05) is 10.8 Å². The van der Waals surface area contributed by atoms with Crippen LogP contribution in [0.3, 0.4) is 0 Å². The average Bonchev–Trinajstić information content (AvgIpc) is 3.64. The van der Waals surface area contributed by atoms with Crippen molar-refractivity contribution in [3.8, 4) is 33.4 Å². The van der Waals surface area contributed by atoms with Crippen molar-refractivity contribution >= 4 is 75.8 Å². The summed E-state index contributed by atoms with van der Waals surface area (Å²) in [6.07, 6.45) is 0. The Kier molecular flexibility index (Phi) is 4.57. The Morgan fingerprint density at radius 1 is 0.353 bits per heavy atom. The van der Waals surface area contributed by atoms with E-state index in [0.717, 1.165) is 65.4 Å². The summed E-state index contributed by atoms with van der Waals surface area (Å²) in [5, 5.41) is 8.31. The molecule has 1 nitrogen and oxygen atoms in total. The summed E-state index contributed by atoms with van der Waals surface area (Å²) in [5.41, 5.74) is 5.16. The molecule has 1 heterocycles. The third-order valence-electron chi connectivity index (χ3n) is 10.2. The molecule has 236 valence electrons. The molecule has 0 fully saturated rings. The van der Waals surface area contributed by atoms with Gasteiger partial charge in [-0.1, -0.05) is 151 Å². The minimum atomic E-state index is -0.430. The van der Waals surface area contributed by atoms with Gasteiger partial charge >= 0.3 is 0 Å². The van der Waals surface area contributed by atoms with Gasteiger partial charge in [-0.2, -0.15) is 0 Å². The van der Waals surface area contributed by atoms with Crippen LogP contribution < -0.4 is 0 Å². The van der Waals surface area contributed by atoms with Crippen LogP contribution >= 0.6 is 0 Å². The van der Waals surface area contributed by atoms with E-state index in [1.54, 1.807) is 0 Å². The minimum Gasteiger partial charge on any atom is -0.456 e. The number of fused-ring (bicyclic) bond motifs is 8. The molecule has 1 aromatic heterocycles. The molecule has 0 radical (unpaired) electrons. The third-order valence-corrected chi connectivity index (χ3v) is 10.2. The van der Waals surface area contributed by atoms with Crippen LogP contribution in [-0.4, -0.2) is 0 Å². The van der Waals surface area contributed by atoms with Gasteiger partial charge in [0.1, 0.15) is 11.2 Å². The Balaban J connectivity index is 1.29. The van der Waals surface area contributed by atoms with Crippen LogP contribution in [0.25, 0.3) is 109 Å². The molecular formula is C50H30O. The maximum Gasteiger partial charge on any atom is 0.136 e. The van der Waals surface area contributed by atoms with Crippen LogP contribution in [0, 0.1) is 0 Å². The van der Waals surface area contributed by atoms with Gasteiger partial charge in [0.15, 0.2) is 0 Å². The second-order valence-electron chi connectivity index (χ2n) is 13.0. The predicted octanol–water partition coefficient (Wildman–Crippen LogP) is 14.4. The molecule has 0 bridgehead atoms. The molecule has 0 unspecified atom stereocenters. The monoisotopic (exact) mass is 654 g/mol. The van der Waals surface area contributed by atoms with Gasteiger partial charge in [-0.15, -0.1) is 0 Å². The van der Waals surface area contributed by atoms with Crippen LogP contribution in [0.15, 0.2) is 186 Å². The fourth-order valence-corrected chi connectivity index (χ4v) is 7.94. The fraction of sp³-hybridized carbons (Fsp3) is 0. The zero-order chi connectivity index (χ0) is 40.4. The number of furan rings is 1.